The van der Waals surface area contributed by atoms with Gasteiger partial charge in [-0.25, -0.2) is 4.39 Å². The summed E-state index contributed by atoms with van der Waals surface area (Å²) in [7, 11) is 1.80. The maximum atomic E-state index is 12.9. The average molecular weight is 318 g/mol. The Morgan fingerprint density at radius 3 is 2.70 bits per heavy atom. The van der Waals surface area contributed by atoms with Gasteiger partial charge in [-0.2, -0.15) is 0 Å². The fourth-order valence-electron chi connectivity index (χ4n) is 3.24. The molecular formula is C18H27FN4. The minimum absolute atomic E-state index is 0.184. The van der Waals surface area contributed by atoms with Gasteiger partial charge in [-0.1, -0.05) is 12.1 Å². The SMILES string of the molecule is CN=C(NCCc1ccc(F)cc1)NCC1CCN(C2CC2)C1. The Kier molecular flexibility index (Phi) is 5.49. The predicted molar refractivity (Wildman–Crippen MR) is 92.2 cm³/mol. The monoisotopic (exact) mass is 318 g/mol. The summed E-state index contributed by atoms with van der Waals surface area (Å²) in [5.41, 5.74) is 1.13. The number of nitrogens with zero attached hydrogens (tertiary/aromatic N) is 2. The van der Waals surface area contributed by atoms with Crippen LogP contribution in [-0.4, -0.2) is 50.1 Å². The van der Waals surface area contributed by atoms with Crippen molar-refractivity contribution in [3.8, 4) is 0 Å². The van der Waals surface area contributed by atoms with E-state index in [1.54, 1.807) is 7.05 Å². The predicted octanol–water partition coefficient (Wildman–Crippen LogP) is 2.02. The zero-order valence-electron chi connectivity index (χ0n) is 13.9. The van der Waals surface area contributed by atoms with Crippen molar-refractivity contribution in [2.75, 3.05) is 33.2 Å². The fraction of sp³-hybridized carbons (Fsp3) is 0.611. The second-order valence-electron chi connectivity index (χ2n) is 6.64. The Balaban J connectivity index is 1.34. The van der Waals surface area contributed by atoms with E-state index >= 15 is 0 Å². The van der Waals surface area contributed by atoms with Crippen LogP contribution in [0.2, 0.25) is 0 Å². The number of aliphatic imine (C=N–C) groups is 1. The van der Waals surface area contributed by atoms with Crippen molar-refractivity contribution in [2.24, 2.45) is 10.9 Å². The summed E-state index contributed by atoms with van der Waals surface area (Å²) in [5.74, 6) is 1.40. The first-order valence-electron chi connectivity index (χ1n) is 8.67. The third kappa shape index (κ3) is 4.93. The summed E-state index contributed by atoms with van der Waals surface area (Å²) >= 11 is 0. The summed E-state index contributed by atoms with van der Waals surface area (Å²) in [6.07, 6.45) is 4.94. The quantitative estimate of drug-likeness (QED) is 0.623. The van der Waals surface area contributed by atoms with Crippen LogP contribution < -0.4 is 10.6 Å². The van der Waals surface area contributed by atoms with Gasteiger partial charge in [0.2, 0.25) is 0 Å². The highest BCUT2D eigenvalue weighted by molar-refractivity contribution is 5.79. The van der Waals surface area contributed by atoms with E-state index in [9.17, 15) is 4.39 Å². The second-order valence-corrected chi connectivity index (χ2v) is 6.64. The smallest absolute Gasteiger partial charge is 0.190 e. The molecule has 1 aliphatic heterocycles. The Morgan fingerprint density at radius 2 is 2.00 bits per heavy atom. The summed E-state index contributed by atoms with van der Waals surface area (Å²) < 4.78 is 12.9. The van der Waals surface area contributed by atoms with E-state index in [0.29, 0.717) is 0 Å². The molecule has 0 aromatic heterocycles. The lowest BCUT2D eigenvalue weighted by atomic mass is 10.1. The van der Waals surface area contributed by atoms with Crippen LogP contribution in [0.15, 0.2) is 29.3 Å². The molecule has 2 fully saturated rings. The molecule has 1 saturated carbocycles. The van der Waals surface area contributed by atoms with Gasteiger partial charge >= 0.3 is 0 Å². The van der Waals surface area contributed by atoms with Crippen LogP contribution in [0.25, 0.3) is 0 Å². The lowest BCUT2D eigenvalue weighted by Gasteiger charge is -2.17. The van der Waals surface area contributed by atoms with E-state index < -0.39 is 0 Å². The number of halogens is 1. The molecule has 1 aliphatic carbocycles. The van der Waals surface area contributed by atoms with E-state index in [1.165, 1.54) is 44.5 Å². The number of hydrogen-bond acceptors (Lipinski definition) is 2. The van der Waals surface area contributed by atoms with Crippen molar-refractivity contribution in [3.05, 3.63) is 35.6 Å². The number of guanidine groups is 1. The topological polar surface area (TPSA) is 39.7 Å². The Labute approximate surface area is 138 Å². The Morgan fingerprint density at radius 1 is 1.22 bits per heavy atom. The molecule has 4 nitrogen and oxygen atoms in total. The lowest BCUT2D eigenvalue weighted by molar-refractivity contribution is 0.314. The van der Waals surface area contributed by atoms with Crippen molar-refractivity contribution < 1.29 is 4.39 Å². The third-order valence-corrected chi connectivity index (χ3v) is 4.78. The molecule has 1 aromatic carbocycles. The van der Waals surface area contributed by atoms with Gasteiger partial charge in [-0.3, -0.25) is 4.99 Å². The molecule has 1 unspecified atom stereocenters. The first-order valence-corrected chi connectivity index (χ1v) is 8.67. The van der Waals surface area contributed by atoms with Gasteiger partial charge in [0.1, 0.15) is 5.82 Å². The Hall–Kier alpha value is -1.62. The molecular weight excluding hydrogens is 291 g/mol. The molecule has 23 heavy (non-hydrogen) atoms. The van der Waals surface area contributed by atoms with Gasteiger partial charge in [0.15, 0.2) is 5.96 Å². The van der Waals surface area contributed by atoms with Crippen molar-refractivity contribution in [1.82, 2.24) is 15.5 Å². The number of hydrogen-bond donors (Lipinski definition) is 2. The summed E-state index contributed by atoms with van der Waals surface area (Å²) in [6, 6.07) is 7.56. The zero-order valence-corrected chi connectivity index (χ0v) is 13.9. The van der Waals surface area contributed by atoms with Crippen LogP contribution >= 0.6 is 0 Å². The minimum Gasteiger partial charge on any atom is -0.356 e. The molecule has 126 valence electrons. The summed E-state index contributed by atoms with van der Waals surface area (Å²) in [4.78, 5) is 6.92. The van der Waals surface area contributed by atoms with Gasteiger partial charge < -0.3 is 15.5 Å². The molecule has 1 saturated heterocycles. The van der Waals surface area contributed by atoms with Crippen LogP contribution in [0.4, 0.5) is 4.39 Å². The molecule has 0 radical (unpaired) electrons. The van der Waals surface area contributed by atoms with Gasteiger partial charge in [-0.05, 0) is 55.8 Å². The van der Waals surface area contributed by atoms with Crippen molar-refractivity contribution in [2.45, 2.75) is 31.7 Å². The van der Waals surface area contributed by atoms with Crippen molar-refractivity contribution in [1.29, 1.82) is 0 Å². The Bertz CT molecular complexity index is 524. The van der Waals surface area contributed by atoms with Crippen molar-refractivity contribution in [3.63, 3.8) is 0 Å². The molecule has 2 aliphatic rings. The van der Waals surface area contributed by atoms with Crippen LogP contribution in [0, 0.1) is 11.7 Å². The van der Waals surface area contributed by atoms with E-state index in [1.807, 2.05) is 12.1 Å². The zero-order chi connectivity index (χ0) is 16.1. The lowest BCUT2D eigenvalue weighted by Crippen LogP contribution is -2.41. The maximum absolute atomic E-state index is 12.9. The largest absolute Gasteiger partial charge is 0.356 e. The molecule has 0 bridgehead atoms. The fourth-order valence-corrected chi connectivity index (χ4v) is 3.24. The first kappa shape index (κ1) is 16.2. The standard InChI is InChI=1S/C18H27FN4/c1-20-18(21-10-8-14-2-4-16(19)5-3-14)22-12-15-9-11-23(13-15)17-6-7-17/h2-5,15,17H,6-13H2,1H3,(H2,20,21,22). The number of nitrogens with one attached hydrogen (secondary N) is 2. The van der Waals surface area contributed by atoms with Gasteiger partial charge in [0.25, 0.3) is 0 Å². The highest BCUT2D eigenvalue weighted by atomic mass is 19.1. The van der Waals surface area contributed by atoms with Gasteiger partial charge in [0.05, 0.1) is 0 Å². The third-order valence-electron chi connectivity index (χ3n) is 4.78. The number of benzene rings is 1. The number of likely N-dealkylation sites (tertiary alicyclic amines) is 1. The van der Waals surface area contributed by atoms with Gasteiger partial charge in [-0.15, -0.1) is 0 Å². The number of rotatable bonds is 6. The molecule has 0 amide bonds. The molecule has 1 atom stereocenters. The van der Waals surface area contributed by atoms with E-state index in [0.717, 1.165) is 43.0 Å². The highest BCUT2D eigenvalue weighted by Crippen LogP contribution is 2.31. The molecule has 2 N–H and O–H groups in total. The highest BCUT2D eigenvalue weighted by Gasteiger charge is 2.34. The van der Waals surface area contributed by atoms with Crippen molar-refractivity contribution >= 4 is 5.96 Å². The van der Waals surface area contributed by atoms with Gasteiger partial charge in [0, 0.05) is 32.7 Å². The van der Waals surface area contributed by atoms with E-state index in [-0.39, 0.29) is 5.82 Å². The molecule has 5 heteroatoms. The van der Waals surface area contributed by atoms with E-state index in [4.69, 9.17) is 0 Å². The minimum atomic E-state index is -0.184. The molecule has 1 aromatic rings. The molecule has 3 rings (SSSR count). The molecule has 0 spiro atoms. The van der Waals surface area contributed by atoms with E-state index in [2.05, 4.69) is 20.5 Å². The average Bonchev–Trinajstić information content (AvgIpc) is 3.31. The maximum Gasteiger partial charge on any atom is 0.190 e. The summed E-state index contributed by atoms with van der Waals surface area (Å²) in [6.45, 7) is 4.27. The molecule has 1 heterocycles. The van der Waals surface area contributed by atoms with Crippen LogP contribution in [0.5, 0.6) is 0 Å². The van der Waals surface area contributed by atoms with Crippen LogP contribution in [0.1, 0.15) is 24.8 Å². The normalized spacial score (nSPS) is 22.3. The second kappa shape index (κ2) is 7.77. The first-order chi connectivity index (χ1) is 11.2. The summed E-state index contributed by atoms with van der Waals surface area (Å²) in [5, 5.41) is 6.77. The van der Waals surface area contributed by atoms with Crippen LogP contribution in [0.3, 0.4) is 0 Å². The van der Waals surface area contributed by atoms with Crippen LogP contribution in [-0.2, 0) is 6.42 Å².